The summed E-state index contributed by atoms with van der Waals surface area (Å²) >= 11 is 0. The molecule has 32 heavy (non-hydrogen) atoms. The number of nitriles is 1. The number of aromatic nitrogens is 2. The lowest BCUT2D eigenvalue weighted by Crippen LogP contribution is -2.45. The fraction of sp³-hybridized carbons (Fsp3) is 0.400. The lowest BCUT2D eigenvalue weighted by Gasteiger charge is -2.35. The summed E-state index contributed by atoms with van der Waals surface area (Å²) in [6.07, 6.45) is -0.704. The highest BCUT2D eigenvalue weighted by Gasteiger charge is 2.35. The zero-order chi connectivity index (χ0) is 23.3. The van der Waals surface area contributed by atoms with Crippen molar-refractivity contribution >= 4 is 23.5 Å². The van der Waals surface area contributed by atoms with Crippen molar-refractivity contribution in [1.29, 1.82) is 5.26 Å². The van der Waals surface area contributed by atoms with Crippen LogP contribution >= 0.6 is 0 Å². The molecule has 2 aromatic rings. The van der Waals surface area contributed by atoms with Crippen molar-refractivity contribution in [3.63, 3.8) is 0 Å². The van der Waals surface area contributed by atoms with E-state index in [0.717, 1.165) is 0 Å². The summed E-state index contributed by atoms with van der Waals surface area (Å²) in [6, 6.07) is 7.00. The number of nitrogens with zero attached hydrogens (tertiary/aromatic N) is 4. The van der Waals surface area contributed by atoms with E-state index >= 15 is 0 Å². The van der Waals surface area contributed by atoms with Gasteiger partial charge in [0.05, 0.1) is 18.0 Å². The normalized spacial score (nSPS) is 18.3. The van der Waals surface area contributed by atoms with Gasteiger partial charge in [-0.15, -0.1) is 0 Å². The largest absolute Gasteiger partial charge is 0.441 e. The van der Waals surface area contributed by atoms with Crippen LogP contribution < -0.4 is 11.1 Å². The molecule has 0 bridgehead atoms. The van der Waals surface area contributed by atoms with Gasteiger partial charge in [-0.1, -0.05) is 0 Å². The Balaban J connectivity index is 1.77. The molecule has 1 aliphatic rings. The molecule has 1 aromatic carbocycles. The second kappa shape index (κ2) is 10.0. The van der Waals surface area contributed by atoms with Crippen LogP contribution in [0.25, 0.3) is 0 Å². The fourth-order valence-electron chi connectivity index (χ4n) is 3.37. The minimum Gasteiger partial charge on any atom is -0.441 e. The molecule has 1 aliphatic heterocycles. The number of halogens is 3. The van der Waals surface area contributed by atoms with Crippen molar-refractivity contribution in [2.45, 2.75) is 18.6 Å². The Hall–Kier alpha value is -3.75. The Bertz CT molecular complexity index is 1000. The molecule has 0 spiro atoms. The number of hydrogen-bond acceptors (Lipinski definition) is 6. The number of nitrogens with two attached hydrogens (primary N) is 1. The maximum Gasteiger partial charge on any atom is 0.410 e. The molecule has 1 aromatic heterocycles. The van der Waals surface area contributed by atoms with E-state index in [1.165, 1.54) is 40.0 Å². The Morgan fingerprint density at radius 1 is 1.31 bits per heavy atom. The molecule has 0 unspecified atom stereocenters. The quantitative estimate of drug-likeness (QED) is 0.668. The van der Waals surface area contributed by atoms with E-state index < -0.39 is 49.2 Å². The van der Waals surface area contributed by atoms with Gasteiger partial charge < -0.3 is 20.7 Å². The fourth-order valence-corrected chi connectivity index (χ4v) is 3.37. The summed E-state index contributed by atoms with van der Waals surface area (Å²) in [5, 5.41) is 16.8. The van der Waals surface area contributed by atoms with E-state index in [0.29, 0.717) is 5.69 Å². The average molecular weight is 450 g/mol. The highest BCUT2D eigenvalue weighted by molar-refractivity contribution is 5.98. The third kappa shape index (κ3) is 5.11. The first kappa shape index (κ1) is 22.9. The van der Waals surface area contributed by atoms with Gasteiger partial charge in [-0.3, -0.25) is 9.48 Å². The molecule has 2 heterocycles. The molecule has 3 rings (SSSR count). The summed E-state index contributed by atoms with van der Waals surface area (Å²) in [6.45, 7) is -2.18. The number of anilines is 2. The van der Waals surface area contributed by atoms with Crippen molar-refractivity contribution < 1.29 is 27.5 Å². The van der Waals surface area contributed by atoms with Crippen molar-refractivity contribution in [1.82, 2.24) is 14.7 Å². The Labute approximate surface area is 181 Å². The molecule has 170 valence electrons. The summed E-state index contributed by atoms with van der Waals surface area (Å²) in [5.74, 6) is -1.78. The molecule has 0 radical (unpaired) electrons. The molecule has 12 heteroatoms. The van der Waals surface area contributed by atoms with E-state index in [1.54, 1.807) is 0 Å². The Morgan fingerprint density at radius 3 is 2.59 bits per heavy atom. The van der Waals surface area contributed by atoms with Gasteiger partial charge >= 0.3 is 6.09 Å². The number of piperidine rings is 1. The number of carbonyl (C=O) groups excluding carboxylic acids is 2. The first-order chi connectivity index (χ1) is 15.4. The minimum atomic E-state index is -1.48. The van der Waals surface area contributed by atoms with Crippen molar-refractivity contribution in [3.05, 3.63) is 41.8 Å². The third-order valence-electron chi connectivity index (χ3n) is 5.06. The second-order valence-electron chi connectivity index (χ2n) is 7.22. The van der Waals surface area contributed by atoms with Crippen LogP contribution in [-0.2, 0) is 4.74 Å². The number of hydrogen-bond donors (Lipinski definition) is 2. The molecule has 1 saturated heterocycles. The first-order valence-corrected chi connectivity index (χ1v) is 9.74. The maximum atomic E-state index is 13.1. The number of nitrogens with one attached hydrogen (secondary N) is 1. The number of amides is 2. The third-order valence-corrected chi connectivity index (χ3v) is 5.06. The molecular weight excluding hydrogens is 429 g/mol. The van der Waals surface area contributed by atoms with E-state index in [4.69, 9.17) is 10.5 Å². The van der Waals surface area contributed by atoms with E-state index in [-0.39, 0.29) is 30.9 Å². The monoisotopic (exact) mass is 450 g/mol. The van der Waals surface area contributed by atoms with Crippen LogP contribution in [0.2, 0.25) is 0 Å². The van der Waals surface area contributed by atoms with Gasteiger partial charge in [-0.05, 0) is 30.7 Å². The second-order valence-corrected chi connectivity index (χ2v) is 7.22. The summed E-state index contributed by atoms with van der Waals surface area (Å²) in [5.41, 5.74) is 6.00. The van der Waals surface area contributed by atoms with E-state index in [1.807, 2.05) is 0 Å². The maximum absolute atomic E-state index is 13.1. The zero-order valence-electron chi connectivity index (χ0n) is 16.9. The minimum absolute atomic E-state index is 0.0439. The number of ether oxygens (including phenoxy) is 1. The van der Waals surface area contributed by atoms with Crippen molar-refractivity contribution in [3.8, 4) is 6.07 Å². The van der Waals surface area contributed by atoms with Crippen LogP contribution in [0, 0.1) is 23.1 Å². The van der Waals surface area contributed by atoms with Gasteiger partial charge in [0.2, 0.25) is 0 Å². The van der Waals surface area contributed by atoms with Crippen molar-refractivity contribution in [2.75, 3.05) is 31.8 Å². The lowest BCUT2D eigenvalue weighted by molar-refractivity contribution is 0.0274. The molecule has 2 atom stereocenters. The lowest BCUT2D eigenvalue weighted by atomic mass is 9.94. The predicted molar refractivity (Wildman–Crippen MR) is 107 cm³/mol. The molecule has 1 fully saturated rings. The standard InChI is InChI=1S/C20H21F3N6O3/c21-7-15(8-22)32-20(31)28-6-5-17(12(9-24)10-28)29-11-16(18(25)30)19(27-29)26-14-3-1-13(23)2-4-14/h1-4,11-12,15,17H,5-8,10H2,(H2,25,30)(H,26,27)/t12-,17-/m0/s1. The van der Waals surface area contributed by atoms with Gasteiger partial charge in [0.15, 0.2) is 11.9 Å². The van der Waals surface area contributed by atoms with Crippen molar-refractivity contribution in [2.24, 2.45) is 11.7 Å². The van der Waals surface area contributed by atoms with Crippen LogP contribution in [-0.4, -0.2) is 59.2 Å². The summed E-state index contributed by atoms with van der Waals surface area (Å²) in [4.78, 5) is 25.2. The number of rotatable bonds is 7. The zero-order valence-corrected chi connectivity index (χ0v) is 16.9. The predicted octanol–water partition coefficient (Wildman–Crippen LogP) is 2.70. The number of alkyl halides is 2. The highest BCUT2D eigenvalue weighted by Crippen LogP contribution is 2.30. The number of benzene rings is 1. The smallest absolute Gasteiger partial charge is 0.410 e. The topological polar surface area (TPSA) is 126 Å². The molecule has 3 N–H and O–H groups in total. The average Bonchev–Trinajstić information content (AvgIpc) is 3.22. The van der Waals surface area contributed by atoms with Gasteiger partial charge in [0.1, 0.15) is 24.7 Å². The van der Waals surface area contributed by atoms with Crippen LogP contribution in [0.1, 0.15) is 22.8 Å². The van der Waals surface area contributed by atoms with Gasteiger partial charge in [-0.2, -0.15) is 10.4 Å². The highest BCUT2D eigenvalue weighted by atomic mass is 19.1. The van der Waals surface area contributed by atoms with Gasteiger partial charge in [0.25, 0.3) is 5.91 Å². The van der Waals surface area contributed by atoms with E-state index in [2.05, 4.69) is 16.5 Å². The Morgan fingerprint density at radius 2 is 2.00 bits per heavy atom. The first-order valence-electron chi connectivity index (χ1n) is 9.74. The van der Waals surface area contributed by atoms with Crippen LogP contribution in [0.5, 0.6) is 0 Å². The number of carbonyl (C=O) groups is 2. The molecule has 0 aliphatic carbocycles. The van der Waals surface area contributed by atoms with Gasteiger partial charge in [0, 0.05) is 25.0 Å². The molecule has 9 nitrogen and oxygen atoms in total. The van der Waals surface area contributed by atoms with E-state index in [9.17, 15) is 28.0 Å². The summed E-state index contributed by atoms with van der Waals surface area (Å²) in [7, 11) is 0. The number of primary amides is 1. The van der Waals surface area contributed by atoms with Crippen LogP contribution in [0.15, 0.2) is 30.5 Å². The van der Waals surface area contributed by atoms with Crippen LogP contribution in [0.3, 0.4) is 0 Å². The molecule has 2 amide bonds. The summed E-state index contributed by atoms with van der Waals surface area (Å²) < 4.78 is 44.6. The molecule has 0 saturated carbocycles. The SMILES string of the molecule is N#C[C@H]1CN(C(=O)OC(CF)CF)CC[C@@H]1n1cc(C(N)=O)c(Nc2ccc(F)cc2)n1. The van der Waals surface area contributed by atoms with Gasteiger partial charge in [-0.25, -0.2) is 18.0 Å². The van der Waals surface area contributed by atoms with Crippen LogP contribution in [0.4, 0.5) is 29.5 Å². The number of likely N-dealkylation sites (tertiary alicyclic amines) is 1. The molecular formula is C20H21F3N6O3. The Kier molecular flexibility index (Phi) is 7.19.